The summed E-state index contributed by atoms with van der Waals surface area (Å²) in [7, 11) is -8.68. The van der Waals surface area contributed by atoms with Gasteiger partial charge in [0.25, 0.3) is 0 Å². The number of halogens is 2. The van der Waals surface area contributed by atoms with Crippen molar-refractivity contribution in [1.29, 1.82) is 0 Å². The SMILES string of the molecule is NS(=O)(=O)c1ccc(S(=O)(=O)C(F)F)cc1. The van der Waals surface area contributed by atoms with Crippen LogP contribution < -0.4 is 5.14 Å². The first-order chi connectivity index (χ1) is 7.15. The predicted octanol–water partition coefficient (Wildman–Crippen LogP) is 0.330. The summed E-state index contributed by atoms with van der Waals surface area (Å²) in [4.78, 5) is -1.00. The largest absolute Gasteiger partial charge is 0.341 e. The van der Waals surface area contributed by atoms with Crippen molar-refractivity contribution < 1.29 is 25.6 Å². The Labute approximate surface area is 90.9 Å². The molecule has 0 fully saturated rings. The van der Waals surface area contributed by atoms with Crippen molar-refractivity contribution in [3.8, 4) is 0 Å². The molecule has 0 saturated heterocycles. The van der Waals surface area contributed by atoms with Gasteiger partial charge in [0.05, 0.1) is 9.79 Å². The molecule has 0 aliphatic heterocycles. The molecule has 5 nitrogen and oxygen atoms in total. The van der Waals surface area contributed by atoms with E-state index in [1.165, 1.54) is 0 Å². The van der Waals surface area contributed by atoms with Crippen molar-refractivity contribution in [2.75, 3.05) is 0 Å². The molecule has 0 aliphatic rings. The van der Waals surface area contributed by atoms with Gasteiger partial charge in [-0.1, -0.05) is 0 Å². The van der Waals surface area contributed by atoms with E-state index >= 15 is 0 Å². The normalized spacial score (nSPS) is 13.0. The minimum Gasteiger partial charge on any atom is -0.225 e. The summed E-state index contributed by atoms with van der Waals surface area (Å²) >= 11 is 0. The van der Waals surface area contributed by atoms with E-state index in [2.05, 4.69) is 0 Å². The van der Waals surface area contributed by atoms with Gasteiger partial charge in [-0.15, -0.1) is 0 Å². The highest BCUT2D eigenvalue weighted by Crippen LogP contribution is 2.19. The maximum atomic E-state index is 12.1. The molecule has 1 rings (SSSR count). The molecule has 9 heteroatoms. The Balaban J connectivity index is 3.25. The summed E-state index contributed by atoms with van der Waals surface area (Å²) in [6.07, 6.45) is 0. The first-order valence-corrected chi connectivity index (χ1v) is 6.90. The van der Waals surface area contributed by atoms with Crippen LogP contribution in [0.3, 0.4) is 0 Å². The van der Waals surface area contributed by atoms with Crippen LogP contribution in [0.2, 0.25) is 0 Å². The molecule has 0 heterocycles. The van der Waals surface area contributed by atoms with E-state index in [0.717, 1.165) is 24.3 Å². The van der Waals surface area contributed by atoms with E-state index < -0.39 is 30.5 Å². The van der Waals surface area contributed by atoms with Crippen molar-refractivity contribution in [2.24, 2.45) is 5.14 Å². The molecule has 1 aromatic carbocycles. The zero-order valence-corrected chi connectivity index (χ0v) is 9.30. The topological polar surface area (TPSA) is 94.3 Å². The minimum absolute atomic E-state index is 0.347. The fourth-order valence-corrected chi connectivity index (χ4v) is 2.16. The molecular weight excluding hydrogens is 264 g/mol. The summed E-state index contributed by atoms with van der Waals surface area (Å²) < 4.78 is 67.7. The molecule has 0 aliphatic carbocycles. The zero-order valence-electron chi connectivity index (χ0n) is 7.67. The van der Waals surface area contributed by atoms with Crippen LogP contribution in [-0.4, -0.2) is 22.6 Å². The van der Waals surface area contributed by atoms with E-state index in [0.29, 0.717) is 0 Å². The van der Waals surface area contributed by atoms with Gasteiger partial charge in [-0.05, 0) is 24.3 Å². The van der Waals surface area contributed by atoms with Crippen LogP contribution in [0.4, 0.5) is 8.78 Å². The molecule has 90 valence electrons. The van der Waals surface area contributed by atoms with Gasteiger partial charge in [0.1, 0.15) is 0 Å². The molecule has 0 spiro atoms. The molecule has 0 atom stereocenters. The highest BCUT2D eigenvalue weighted by Gasteiger charge is 2.26. The molecule has 2 N–H and O–H groups in total. The third-order valence-electron chi connectivity index (χ3n) is 1.72. The van der Waals surface area contributed by atoms with Gasteiger partial charge >= 0.3 is 5.76 Å². The standard InChI is InChI=1S/C7H7F2NO4S2/c8-7(9)15(11,12)5-1-3-6(4-2-5)16(10,13)14/h1-4,7H,(H2,10,13,14). The van der Waals surface area contributed by atoms with Gasteiger partial charge in [-0.2, -0.15) is 8.78 Å². The maximum Gasteiger partial charge on any atom is 0.341 e. The Hall–Kier alpha value is -1.06. The Morgan fingerprint density at radius 1 is 0.938 bits per heavy atom. The second kappa shape index (κ2) is 4.07. The summed E-state index contributed by atoms with van der Waals surface area (Å²) in [6.45, 7) is 0. The summed E-state index contributed by atoms with van der Waals surface area (Å²) in [5, 5.41) is 4.75. The number of rotatable bonds is 3. The Morgan fingerprint density at radius 2 is 1.31 bits per heavy atom. The van der Waals surface area contributed by atoms with Crippen LogP contribution in [0.15, 0.2) is 34.1 Å². The minimum atomic E-state index is -4.71. The third kappa shape index (κ3) is 2.54. The highest BCUT2D eigenvalue weighted by atomic mass is 32.2. The van der Waals surface area contributed by atoms with Gasteiger partial charge < -0.3 is 0 Å². The fourth-order valence-electron chi connectivity index (χ4n) is 0.922. The highest BCUT2D eigenvalue weighted by molar-refractivity contribution is 7.91. The third-order valence-corrected chi connectivity index (χ3v) is 4.04. The van der Waals surface area contributed by atoms with Crippen LogP contribution in [0.5, 0.6) is 0 Å². The second-order valence-corrected chi connectivity index (χ2v) is 6.30. The molecule has 0 unspecified atom stereocenters. The molecular formula is C7H7F2NO4S2. The molecule has 0 aromatic heterocycles. The lowest BCUT2D eigenvalue weighted by Gasteiger charge is -2.03. The van der Waals surface area contributed by atoms with E-state index in [-0.39, 0.29) is 4.90 Å². The van der Waals surface area contributed by atoms with Gasteiger partial charge in [-0.3, -0.25) is 0 Å². The van der Waals surface area contributed by atoms with Crippen molar-refractivity contribution in [1.82, 2.24) is 0 Å². The number of sulfone groups is 1. The number of nitrogens with two attached hydrogens (primary N) is 1. The van der Waals surface area contributed by atoms with Gasteiger partial charge in [-0.25, -0.2) is 22.0 Å². The van der Waals surface area contributed by atoms with Gasteiger partial charge in [0.15, 0.2) is 0 Å². The lowest BCUT2D eigenvalue weighted by molar-refractivity contribution is 0.234. The van der Waals surface area contributed by atoms with E-state index in [4.69, 9.17) is 5.14 Å². The van der Waals surface area contributed by atoms with Crippen LogP contribution in [0.1, 0.15) is 0 Å². The molecule has 1 aromatic rings. The van der Waals surface area contributed by atoms with Crippen LogP contribution in [-0.2, 0) is 19.9 Å². The quantitative estimate of drug-likeness (QED) is 0.857. The number of primary sulfonamides is 1. The smallest absolute Gasteiger partial charge is 0.225 e. The summed E-state index contributed by atoms with van der Waals surface area (Å²) in [6, 6.07) is 3.23. The Bertz CT molecular complexity index is 577. The van der Waals surface area contributed by atoms with Crippen molar-refractivity contribution in [3.05, 3.63) is 24.3 Å². The van der Waals surface area contributed by atoms with Crippen molar-refractivity contribution >= 4 is 19.9 Å². The first kappa shape index (κ1) is 13.0. The molecule has 0 bridgehead atoms. The van der Waals surface area contributed by atoms with Crippen LogP contribution in [0.25, 0.3) is 0 Å². The lowest BCUT2D eigenvalue weighted by Crippen LogP contribution is -2.14. The number of benzene rings is 1. The maximum absolute atomic E-state index is 12.1. The van der Waals surface area contributed by atoms with Crippen molar-refractivity contribution in [2.45, 2.75) is 15.5 Å². The second-order valence-electron chi connectivity index (χ2n) is 2.82. The average Bonchev–Trinajstić information content (AvgIpc) is 2.16. The zero-order chi connectivity index (χ0) is 12.6. The van der Waals surface area contributed by atoms with E-state index in [1.807, 2.05) is 0 Å². The summed E-state index contributed by atoms with van der Waals surface area (Å²) in [5.41, 5.74) is 0. The molecule has 0 saturated carbocycles. The fraction of sp³-hybridized carbons (Fsp3) is 0.143. The van der Waals surface area contributed by atoms with Crippen molar-refractivity contribution in [3.63, 3.8) is 0 Å². The van der Waals surface area contributed by atoms with E-state index in [9.17, 15) is 25.6 Å². The predicted molar refractivity (Wildman–Crippen MR) is 51.0 cm³/mol. The molecule has 0 radical (unpaired) electrons. The van der Waals surface area contributed by atoms with E-state index in [1.54, 1.807) is 0 Å². The van der Waals surface area contributed by atoms with Gasteiger partial charge in [0, 0.05) is 0 Å². The Morgan fingerprint density at radius 3 is 1.62 bits per heavy atom. The molecule has 0 amide bonds. The Kier molecular flexibility index (Phi) is 3.31. The summed E-state index contributed by atoms with van der Waals surface area (Å²) in [5.74, 6) is -3.55. The number of hydrogen-bond acceptors (Lipinski definition) is 4. The van der Waals surface area contributed by atoms with Gasteiger partial charge in [0.2, 0.25) is 19.9 Å². The van der Waals surface area contributed by atoms with Crippen LogP contribution >= 0.6 is 0 Å². The number of hydrogen-bond donors (Lipinski definition) is 1. The number of sulfonamides is 1. The molecule has 16 heavy (non-hydrogen) atoms. The van der Waals surface area contributed by atoms with Crippen LogP contribution in [0, 0.1) is 0 Å². The average molecular weight is 271 g/mol. The first-order valence-electron chi connectivity index (χ1n) is 3.80. The number of alkyl halides is 2. The monoisotopic (exact) mass is 271 g/mol. The lowest BCUT2D eigenvalue weighted by atomic mass is 10.4.